The van der Waals surface area contributed by atoms with Crippen LogP contribution in [0.1, 0.15) is 30.9 Å². The molecule has 1 heterocycles. The number of hydrogen-bond donors (Lipinski definition) is 2. The quantitative estimate of drug-likeness (QED) is 0.895. The molecule has 1 fully saturated rings. The number of nitrogens with two attached hydrogens (primary N) is 1. The minimum Gasteiger partial charge on any atom is -0.328 e. The van der Waals surface area contributed by atoms with Crippen molar-refractivity contribution in [2.24, 2.45) is 11.7 Å². The first kappa shape index (κ1) is 18.9. The highest BCUT2D eigenvalue weighted by atomic mass is 35.5. The first-order chi connectivity index (χ1) is 9.97. The molecule has 2 rings (SSSR count). The number of amides is 1. The van der Waals surface area contributed by atoms with Crippen molar-refractivity contribution in [1.82, 2.24) is 4.90 Å². The maximum Gasteiger partial charge on any atom is 0.238 e. The molecule has 1 amide bonds. The van der Waals surface area contributed by atoms with E-state index >= 15 is 0 Å². The number of carbonyl (C=O) groups excluding carboxylic acids is 1. The van der Waals surface area contributed by atoms with Crippen LogP contribution < -0.4 is 11.1 Å². The largest absolute Gasteiger partial charge is 0.328 e. The summed E-state index contributed by atoms with van der Waals surface area (Å²) in [6.45, 7) is 8.53. The number of rotatable bonds is 4. The molecule has 124 valence electrons. The lowest BCUT2D eigenvalue weighted by atomic mass is 9.91. The van der Waals surface area contributed by atoms with Crippen LogP contribution in [0, 0.1) is 19.8 Å². The van der Waals surface area contributed by atoms with Crippen molar-refractivity contribution >= 4 is 24.0 Å². The van der Waals surface area contributed by atoms with E-state index in [1.165, 1.54) is 0 Å². The first-order valence-corrected chi connectivity index (χ1v) is 7.81. The second kappa shape index (κ2) is 8.51. The number of nitrogens with one attached hydrogen (secondary N) is 1. The first-order valence-electron chi connectivity index (χ1n) is 7.81. The molecule has 1 aliphatic heterocycles. The lowest BCUT2D eigenvalue weighted by Crippen LogP contribution is -2.42. The van der Waals surface area contributed by atoms with E-state index in [2.05, 4.69) is 17.1 Å². The standard InChI is InChI=1S/C17H27N3O.ClH/c1-12-5-4-6-13(2)17(12)19-16(21)11-20-9-7-15(8-10-20)14(3)18;/h4-6,14-15H,7-11,18H2,1-3H3,(H,19,21);1H. The minimum atomic E-state index is 0. The monoisotopic (exact) mass is 325 g/mol. The number of halogens is 1. The fourth-order valence-electron chi connectivity index (χ4n) is 3.03. The van der Waals surface area contributed by atoms with E-state index in [1.54, 1.807) is 0 Å². The fourth-order valence-corrected chi connectivity index (χ4v) is 3.03. The molecule has 1 atom stereocenters. The molecule has 22 heavy (non-hydrogen) atoms. The Morgan fingerprint density at radius 3 is 2.36 bits per heavy atom. The third-order valence-corrected chi connectivity index (χ3v) is 4.49. The van der Waals surface area contributed by atoms with Crippen LogP contribution in [0.2, 0.25) is 0 Å². The summed E-state index contributed by atoms with van der Waals surface area (Å²) >= 11 is 0. The van der Waals surface area contributed by atoms with Crippen LogP contribution in [0.5, 0.6) is 0 Å². The number of aryl methyl sites for hydroxylation is 2. The van der Waals surface area contributed by atoms with Gasteiger partial charge in [-0.3, -0.25) is 9.69 Å². The Hall–Kier alpha value is -1.10. The maximum atomic E-state index is 12.2. The zero-order valence-electron chi connectivity index (χ0n) is 13.8. The summed E-state index contributed by atoms with van der Waals surface area (Å²) in [5, 5.41) is 3.05. The van der Waals surface area contributed by atoms with Gasteiger partial charge in [0.25, 0.3) is 0 Å². The summed E-state index contributed by atoms with van der Waals surface area (Å²) in [5.41, 5.74) is 9.12. The Bertz CT molecular complexity index is 476. The lowest BCUT2D eigenvalue weighted by Gasteiger charge is -2.33. The van der Waals surface area contributed by atoms with Crippen LogP contribution in [-0.2, 0) is 4.79 Å². The van der Waals surface area contributed by atoms with Gasteiger partial charge in [-0.15, -0.1) is 12.4 Å². The highest BCUT2D eigenvalue weighted by molar-refractivity contribution is 5.93. The number of hydrogen-bond acceptors (Lipinski definition) is 3. The number of likely N-dealkylation sites (tertiary alicyclic amines) is 1. The molecule has 1 saturated heterocycles. The van der Waals surface area contributed by atoms with Gasteiger partial charge in [-0.05, 0) is 63.7 Å². The van der Waals surface area contributed by atoms with Crippen LogP contribution in [0.4, 0.5) is 5.69 Å². The van der Waals surface area contributed by atoms with Gasteiger partial charge in [0, 0.05) is 11.7 Å². The van der Waals surface area contributed by atoms with Gasteiger partial charge in [0.05, 0.1) is 6.54 Å². The molecule has 0 aliphatic carbocycles. The molecular formula is C17H28ClN3O. The van der Waals surface area contributed by atoms with E-state index in [0.717, 1.165) is 42.7 Å². The molecule has 0 saturated carbocycles. The maximum absolute atomic E-state index is 12.2. The van der Waals surface area contributed by atoms with E-state index < -0.39 is 0 Å². The van der Waals surface area contributed by atoms with Crippen LogP contribution in [0.15, 0.2) is 18.2 Å². The van der Waals surface area contributed by atoms with Gasteiger partial charge in [0.2, 0.25) is 5.91 Å². The lowest BCUT2D eigenvalue weighted by molar-refractivity contribution is -0.117. The van der Waals surface area contributed by atoms with Crippen molar-refractivity contribution in [2.75, 3.05) is 25.0 Å². The molecule has 4 nitrogen and oxygen atoms in total. The number of anilines is 1. The van der Waals surface area contributed by atoms with Gasteiger partial charge in [-0.1, -0.05) is 18.2 Å². The second-order valence-electron chi connectivity index (χ2n) is 6.29. The van der Waals surface area contributed by atoms with Gasteiger partial charge in [-0.25, -0.2) is 0 Å². The van der Waals surface area contributed by atoms with E-state index in [1.807, 2.05) is 32.0 Å². The molecule has 0 spiro atoms. The molecule has 0 radical (unpaired) electrons. The predicted molar refractivity (Wildman–Crippen MR) is 94.6 cm³/mol. The van der Waals surface area contributed by atoms with Crippen molar-refractivity contribution < 1.29 is 4.79 Å². The van der Waals surface area contributed by atoms with E-state index in [4.69, 9.17) is 5.73 Å². The summed E-state index contributed by atoms with van der Waals surface area (Å²) in [4.78, 5) is 14.4. The highest BCUT2D eigenvalue weighted by Crippen LogP contribution is 2.21. The zero-order chi connectivity index (χ0) is 15.4. The number of nitrogens with zero attached hydrogens (tertiary/aromatic N) is 1. The summed E-state index contributed by atoms with van der Waals surface area (Å²) in [6.07, 6.45) is 2.18. The molecule has 1 aliphatic rings. The number of benzene rings is 1. The SMILES string of the molecule is Cc1cccc(C)c1NC(=O)CN1CCC(C(C)N)CC1.Cl. The van der Waals surface area contributed by atoms with Gasteiger partial charge in [-0.2, -0.15) is 0 Å². The Balaban J connectivity index is 0.00000242. The molecular weight excluding hydrogens is 298 g/mol. The van der Waals surface area contributed by atoms with E-state index in [-0.39, 0.29) is 24.4 Å². The molecule has 5 heteroatoms. The van der Waals surface area contributed by atoms with Crippen LogP contribution in [0.3, 0.4) is 0 Å². The predicted octanol–water partition coefficient (Wildman–Crippen LogP) is 2.72. The molecule has 1 aromatic carbocycles. The zero-order valence-corrected chi connectivity index (χ0v) is 14.6. The van der Waals surface area contributed by atoms with Crippen LogP contribution in [-0.4, -0.2) is 36.5 Å². The molecule has 0 aromatic heterocycles. The molecule has 0 bridgehead atoms. The summed E-state index contributed by atoms with van der Waals surface area (Å²) < 4.78 is 0. The van der Waals surface area contributed by atoms with E-state index in [9.17, 15) is 4.79 Å². The van der Waals surface area contributed by atoms with Gasteiger partial charge in [0.1, 0.15) is 0 Å². The fraction of sp³-hybridized carbons (Fsp3) is 0.588. The van der Waals surface area contributed by atoms with Crippen molar-refractivity contribution in [2.45, 2.75) is 39.7 Å². The number of para-hydroxylation sites is 1. The highest BCUT2D eigenvalue weighted by Gasteiger charge is 2.23. The smallest absolute Gasteiger partial charge is 0.238 e. The average Bonchev–Trinajstić information content (AvgIpc) is 2.43. The van der Waals surface area contributed by atoms with Crippen LogP contribution >= 0.6 is 12.4 Å². The Labute approximate surface area is 139 Å². The van der Waals surface area contributed by atoms with Gasteiger partial charge >= 0.3 is 0 Å². The Morgan fingerprint density at radius 2 is 1.86 bits per heavy atom. The summed E-state index contributed by atoms with van der Waals surface area (Å²) in [5.74, 6) is 0.676. The van der Waals surface area contributed by atoms with Crippen molar-refractivity contribution in [3.05, 3.63) is 29.3 Å². The van der Waals surface area contributed by atoms with E-state index in [0.29, 0.717) is 12.5 Å². The Kier molecular flexibility index (Phi) is 7.33. The number of piperidine rings is 1. The normalized spacial score (nSPS) is 17.6. The summed E-state index contributed by atoms with van der Waals surface area (Å²) in [6, 6.07) is 6.32. The Morgan fingerprint density at radius 1 is 1.32 bits per heavy atom. The second-order valence-corrected chi connectivity index (χ2v) is 6.29. The van der Waals surface area contributed by atoms with Gasteiger partial charge < -0.3 is 11.1 Å². The van der Waals surface area contributed by atoms with Crippen molar-refractivity contribution in [3.8, 4) is 0 Å². The summed E-state index contributed by atoms with van der Waals surface area (Å²) in [7, 11) is 0. The van der Waals surface area contributed by atoms with Crippen molar-refractivity contribution in [1.29, 1.82) is 0 Å². The third kappa shape index (κ3) is 4.97. The van der Waals surface area contributed by atoms with Crippen molar-refractivity contribution in [3.63, 3.8) is 0 Å². The van der Waals surface area contributed by atoms with Crippen LogP contribution in [0.25, 0.3) is 0 Å². The number of carbonyl (C=O) groups is 1. The molecule has 1 aromatic rings. The minimum absolute atomic E-state index is 0. The van der Waals surface area contributed by atoms with Gasteiger partial charge in [0.15, 0.2) is 0 Å². The average molecular weight is 326 g/mol. The molecule has 1 unspecified atom stereocenters. The topological polar surface area (TPSA) is 58.4 Å². The third-order valence-electron chi connectivity index (χ3n) is 4.49. The molecule has 3 N–H and O–H groups in total.